The number of ether oxygens (including phenoxy) is 1. The van der Waals surface area contributed by atoms with Gasteiger partial charge in [-0.3, -0.25) is 9.59 Å². The molecule has 0 saturated carbocycles. The van der Waals surface area contributed by atoms with Gasteiger partial charge >= 0.3 is 5.97 Å². The molecule has 154 valence electrons. The van der Waals surface area contributed by atoms with Crippen molar-refractivity contribution in [3.8, 4) is 0 Å². The van der Waals surface area contributed by atoms with E-state index in [4.69, 9.17) is 4.74 Å². The van der Waals surface area contributed by atoms with Gasteiger partial charge in [0.2, 0.25) is 15.9 Å². The molecule has 1 saturated heterocycles. The lowest BCUT2D eigenvalue weighted by molar-refractivity contribution is -0.149. The lowest BCUT2D eigenvalue weighted by atomic mass is 10.1. The van der Waals surface area contributed by atoms with Crippen LogP contribution in [-0.2, 0) is 31.0 Å². The van der Waals surface area contributed by atoms with E-state index in [2.05, 4.69) is 0 Å². The number of rotatable bonds is 6. The molecule has 0 radical (unpaired) electrons. The van der Waals surface area contributed by atoms with Crippen molar-refractivity contribution in [1.82, 2.24) is 4.31 Å². The lowest BCUT2D eigenvalue weighted by Gasteiger charge is -2.17. The third-order valence-corrected chi connectivity index (χ3v) is 6.47. The number of amides is 1. The number of sulfonamides is 1. The van der Waals surface area contributed by atoms with Crippen LogP contribution in [0.25, 0.3) is 0 Å². The van der Waals surface area contributed by atoms with Crippen molar-refractivity contribution in [3.05, 3.63) is 59.9 Å². The summed E-state index contributed by atoms with van der Waals surface area (Å²) in [6, 6.07) is 12.0. The molecular weight excluding hydrogens is 399 g/mol. The topological polar surface area (TPSA) is 84.0 Å². The van der Waals surface area contributed by atoms with Gasteiger partial charge in [0.1, 0.15) is 12.4 Å². The van der Waals surface area contributed by atoms with Crippen molar-refractivity contribution in [3.63, 3.8) is 0 Å². The first-order chi connectivity index (χ1) is 13.7. The van der Waals surface area contributed by atoms with Crippen LogP contribution < -0.4 is 4.90 Å². The molecule has 1 aliphatic heterocycles. The summed E-state index contributed by atoms with van der Waals surface area (Å²) in [4.78, 5) is 25.9. The van der Waals surface area contributed by atoms with E-state index in [-0.39, 0.29) is 36.1 Å². The van der Waals surface area contributed by atoms with Crippen LogP contribution in [0.3, 0.4) is 0 Å². The van der Waals surface area contributed by atoms with Gasteiger partial charge in [0.05, 0.1) is 16.5 Å². The molecule has 3 rings (SSSR count). The molecule has 1 fully saturated rings. The molecule has 0 spiro atoms. The SMILES string of the molecule is CN(C)S(=O)(=O)c1cccc(COC(=O)C2CC(=O)N(c3ccccc3F)C2)c1. The Balaban J connectivity index is 1.65. The quantitative estimate of drug-likeness (QED) is 0.669. The maximum atomic E-state index is 13.9. The zero-order chi connectivity index (χ0) is 21.2. The Hall–Kier alpha value is -2.78. The van der Waals surface area contributed by atoms with Gasteiger partial charge in [-0.15, -0.1) is 0 Å². The van der Waals surface area contributed by atoms with Gasteiger partial charge in [-0.05, 0) is 29.8 Å². The van der Waals surface area contributed by atoms with E-state index in [1.165, 1.54) is 49.3 Å². The molecular formula is C20H21FN2O5S. The van der Waals surface area contributed by atoms with Crippen LogP contribution in [0.2, 0.25) is 0 Å². The summed E-state index contributed by atoms with van der Waals surface area (Å²) in [5.41, 5.74) is 0.644. The van der Waals surface area contributed by atoms with Crippen LogP contribution in [0.1, 0.15) is 12.0 Å². The Morgan fingerprint density at radius 3 is 2.62 bits per heavy atom. The summed E-state index contributed by atoms with van der Waals surface area (Å²) in [7, 11) is -0.735. The first kappa shape index (κ1) is 20.9. The number of anilines is 1. The molecule has 1 aliphatic rings. The van der Waals surface area contributed by atoms with Crippen molar-refractivity contribution < 1.29 is 27.1 Å². The first-order valence-electron chi connectivity index (χ1n) is 8.93. The normalized spacial score (nSPS) is 17.0. The number of benzene rings is 2. The second-order valence-corrected chi connectivity index (χ2v) is 9.05. The molecule has 0 bridgehead atoms. The third-order valence-electron chi connectivity index (χ3n) is 4.66. The van der Waals surface area contributed by atoms with E-state index in [9.17, 15) is 22.4 Å². The molecule has 0 aliphatic carbocycles. The van der Waals surface area contributed by atoms with Gasteiger partial charge in [0.25, 0.3) is 0 Å². The monoisotopic (exact) mass is 420 g/mol. The maximum Gasteiger partial charge on any atom is 0.311 e. The molecule has 1 amide bonds. The van der Waals surface area contributed by atoms with E-state index in [1.807, 2.05) is 0 Å². The average Bonchev–Trinajstić information content (AvgIpc) is 3.08. The van der Waals surface area contributed by atoms with E-state index < -0.39 is 27.7 Å². The van der Waals surface area contributed by atoms with Crippen molar-refractivity contribution in [2.24, 2.45) is 5.92 Å². The summed E-state index contributed by atoms with van der Waals surface area (Å²) < 4.78 is 44.7. The number of esters is 1. The highest BCUT2D eigenvalue weighted by atomic mass is 32.2. The van der Waals surface area contributed by atoms with Crippen LogP contribution >= 0.6 is 0 Å². The smallest absolute Gasteiger partial charge is 0.311 e. The molecule has 2 aromatic rings. The van der Waals surface area contributed by atoms with Crippen LogP contribution in [-0.4, -0.2) is 45.2 Å². The fraction of sp³-hybridized carbons (Fsp3) is 0.300. The average molecular weight is 420 g/mol. The fourth-order valence-corrected chi connectivity index (χ4v) is 4.02. The van der Waals surface area contributed by atoms with Gasteiger partial charge in [0, 0.05) is 27.1 Å². The highest BCUT2D eigenvalue weighted by molar-refractivity contribution is 7.89. The first-order valence-corrected chi connectivity index (χ1v) is 10.4. The molecule has 9 heteroatoms. The molecule has 0 aromatic heterocycles. The minimum atomic E-state index is -3.60. The highest BCUT2D eigenvalue weighted by Gasteiger charge is 2.37. The summed E-state index contributed by atoms with van der Waals surface area (Å²) in [6.07, 6.45) is -0.0672. The molecule has 2 aromatic carbocycles. The van der Waals surface area contributed by atoms with Gasteiger partial charge in [-0.25, -0.2) is 17.1 Å². The zero-order valence-corrected chi connectivity index (χ0v) is 16.9. The zero-order valence-electron chi connectivity index (χ0n) is 16.0. The third kappa shape index (κ3) is 4.46. The molecule has 1 heterocycles. The predicted molar refractivity (Wildman–Crippen MR) is 104 cm³/mol. The lowest BCUT2D eigenvalue weighted by Crippen LogP contribution is -2.27. The number of carbonyl (C=O) groups excluding carboxylic acids is 2. The second-order valence-electron chi connectivity index (χ2n) is 6.90. The summed E-state index contributed by atoms with van der Waals surface area (Å²) in [6.45, 7) is -0.0896. The summed E-state index contributed by atoms with van der Waals surface area (Å²) in [5.74, 6) is -2.18. The molecule has 1 atom stereocenters. The minimum absolute atomic E-state index is 0.0354. The van der Waals surface area contributed by atoms with Crippen LogP contribution in [0.15, 0.2) is 53.4 Å². The number of hydrogen-bond acceptors (Lipinski definition) is 5. The van der Waals surface area contributed by atoms with Crippen LogP contribution in [0.4, 0.5) is 10.1 Å². The van der Waals surface area contributed by atoms with Crippen molar-refractivity contribution >= 4 is 27.6 Å². The highest BCUT2D eigenvalue weighted by Crippen LogP contribution is 2.28. The van der Waals surface area contributed by atoms with Gasteiger partial charge in [0.15, 0.2) is 0 Å². The molecule has 0 N–H and O–H groups in total. The Labute approximate surface area is 168 Å². The van der Waals surface area contributed by atoms with Gasteiger partial charge in [-0.1, -0.05) is 24.3 Å². The largest absolute Gasteiger partial charge is 0.461 e. The minimum Gasteiger partial charge on any atom is -0.461 e. The number of para-hydroxylation sites is 1. The van der Waals surface area contributed by atoms with Gasteiger partial charge in [-0.2, -0.15) is 0 Å². The maximum absolute atomic E-state index is 13.9. The summed E-state index contributed by atoms with van der Waals surface area (Å²) >= 11 is 0. The number of carbonyl (C=O) groups is 2. The summed E-state index contributed by atoms with van der Waals surface area (Å²) in [5, 5.41) is 0. The second kappa shape index (κ2) is 8.30. The van der Waals surface area contributed by atoms with E-state index in [0.29, 0.717) is 5.56 Å². The molecule has 7 nitrogen and oxygen atoms in total. The van der Waals surface area contributed by atoms with Crippen molar-refractivity contribution in [2.75, 3.05) is 25.5 Å². The van der Waals surface area contributed by atoms with Crippen molar-refractivity contribution in [2.45, 2.75) is 17.9 Å². The number of halogens is 1. The van der Waals surface area contributed by atoms with E-state index >= 15 is 0 Å². The predicted octanol–water partition coefficient (Wildman–Crippen LogP) is 2.17. The number of hydrogen-bond donors (Lipinski definition) is 0. The molecule has 29 heavy (non-hydrogen) atoms. The Morgan fingerprint density at radius 1 is 1.21 bits per heavy atom. The fourth-order valence-electron chi connectivity index (χ4n) is 3.05. The van der Waals surface area contributed by atoms with Gasteiger partial charge < -0.3 is 9.64 Å². The Kier molecular flexibility index (Phi) is 5.99. The van der Waals surface area contributed by atoms with Crippen LogP contribution in [0, 0.1) is 11.7 Å². The molecule has 1 unspecified atom stereocenters. The number of nitrogens with zero attached hydrogens (tertiary/aromatic N) is 2. The van der Waals surface area contributed by atoms with Crippen molar-refractivity contribution in [1.29, 1.82) is 0 Å². The Morgan fingerprint density at radius 2 is 1.93 bits per heavy atom. The van der Waals surface area contributed by atoms with E-state index in [0.717, 1.165) is 4.31 Å². The Bertz CT molecular complexity index is 1040. The van der Waals surface area contributed by atoms with E-state index in [1.54, 1.807) is 18.2 Å². The van der Waals surface area contributed by atoms with Crippen LogP contribution in [0.5, 0.6) is 0 Å². The standard InChI is InChI=1S/C20H21FN2O5S/c1-22(2)29(26,27)16-7-5-6-14(10-16)13-28-20(25)15-11-19(24)23(12-15)18-9-4-3-8-17(18)21/h3-10,15H,11-13H2,1-2H3.